The number of aliphatic imine (C=N–C) groups is 1. The van der Waals surface area contributed by atoms with Gasteiger partial charge in [-0.2, -0.15) is 0 Å². The van der Waals surface area contributed by atoms with Crippen LogP contribution in [0.15, 0.2) is 58.4 Å². The van der Waals surface area contributed by atoms with Gasteiger partial charge in [-0.25, -0.2) is 4.99 Å². The Morgan fingerprint density at radius 1 is 1.15 bits per heavy atom. The summed E-state index contributed by atoms with van der Waals surface area (Å²) in [5, 5.41) is 0.718. The van der Waals surface area contributed by atoms with Crippen molar-refractivity contribution in [1.82, 2.24) is 4.90 Å². The highest BCUT2D eigenvalue weighted by Gasteiger charge is 2.32. The van der Waals surface area contributed by atoms with Crippen molar-refractivity contribution in [3.63, 3.8) is 0 Å². The number of amides is 1. The summed E-state index contributed by atoms with van der Waals surface area (Å²) in [6.07, 6.45) is 2.75. The van der Waals surface area contributed by atoms with Gasteiger partial charge >= 0.3 is 0 Å². The highest BCUT2D eigenvalue weighted by atomic mass is 32.2. The van der Waals surface area contributed by atoms with Crippen LogP contribution in [0.25, 0.3) is 6.08 Å². The maximum atomic E-state index is 12.8. The smallest absolute Gasteiger partial charge is 0.266 e. The molecule has 0 saturated carbocycles. The second-order valence-corrected chi connectivity index (χ2v) is 6.92. The van der Waals surface area contributed by atoms with Gasteiger partial charge in [0.05, 0.1) is 10.6 Å². The van der Waals surface area contributed by atoms with Crippen LogP contribution in [0, 0.1) is 0 Å². The van der Waals surface area contributed by atoms with Crippen molar-refractivity contribution < 1.29 is 14.3 Å². The molecule has 2 aliphatic heterocycles. The topological polar surface area (TPSA) is 51.1 Å². The van der Waals surface area contributed by atoms with Crippen LogP contribution in [0.4, 0.5) is 5.69 Å². The largest absolute Gasteiger partial charge is 0.454 e. The molecule has 1 fully saturated rings. The van der Waals surface area contributed by atoms with Gasteiger partial charge in [-0.3, -0.25) is 9.69 Å². The third-order valence-electron chi connectivity index (χ3n) is 4.01. The first-order valence-electron chi connectivity index (χ1n) is 8.49. The Morgan fingerprint density at radius 2 is 1.96 bits per heavy atom. The second-order valence-electron chi connectivity index (χ2n) is 5.91. The summed E-state index contributed by atoms with van der Waals surface area (Å²) in [6.45, 7) is 2.94. The number of carbonyl (C=O) groups excluding carboxylic acids is 1. The molecule has 0 atom stereocenters. The van der Waals surface area contributed by atoms with Crippen LogP contribution in [0.2, 0.25) is 0 Å². The first kappa shape index (κ1) is 16.7. The molecule has 2 aliphatic rings. The van der Waals surface area contributed by atoms with Crippen molar-refractivity contribution in [2.75, 3.05) is 13.3 Å². The van der Waals surface area contributed by atoms with Crippen molar-refractivity contribution in [1.29, 1.82) is 0 Å². The Morgan fingerprint density at radius 3 is 2.77 bits per heavy atom. The van der Waals surface area contributed by atoms with Crippen LogP contribution in [0.1, 0.15) is 18.9 Å². The average molecular weight is 366 g/mol. The van der Waals surface area contributed by atoms with Crippen LogP contribution >= 0.6 is 11.8 Å². The molecule has 2 heterocycles. The summed E-state index contributed by atoms with van der Waals surface area (Å²) in [7, 11) is 0. The molecule has 2 aromatic rings. The number of fused-ring (bicyclic) bond motifs is 1. The number of amidine groups is 1. The fourth-order valence-electron chi connectivity index (χ4n) is 2.78. The molecule has 132 valence electrons. The van der Waals surface area contributed by atoms with E-state index < -0.39 is 0 Å². The molecule has 6 heteroatoms. The molecule has 0 unspecified atom stereocenters. The normalized spacial score (nSPS) is 19.0. The van der Waals surface area contributed by atoms with Gasteiger partial charge < -0.3 is 9.47 Å². The molecule has 0 spiro atoms. The van der Waals surface area contributed by atoms with E-state index in [1.54, 1.807) is 4.90 Å². The fourth-order valence-corrected chi connectivity index (χ4v) is 3.80. The van der Waals surface area contributed by atoms with E-state index in [4.69, 9.17) is 9.47 Å². The van der Waals surface area contributed by atoms with E-state index in [-0.39, 0.29) is 12.7 Å². The van der Waals surface area contributed by atoms with Gasteiger partial charge in [0.2, 0.25) is 6.79 Å². The quantitative estimate of drug-likeness (QED) is 0.751. The Kier molecular flexibility index (Phi) is 4.67. The van der Waals surface area contributed by atoms with Crippen molar-refractivity contribution in [3.05, 3.63) is 59.0 Å². The number of rotatable bonds is 4. The van der Waals surface area contributed by atoms with Gasteiger partial charge in [-0.1, -0.05) is 31.2 Å². The van der Waals surface area contributed by atoms with Crippen LogP contribution < -0.4 is 9.47 Å². The minimum Gasteiger partial charge on any atom is -0.454 e. The number of ether oxygens (including phenoxy) is 2. The molecule has 5 nitrogen and oxygen atoms in total. The Balaban J connectivity index is 1.65. The van der Waals surface area contributed by atoms with Gasteiger partial charge in [-0.05, 0) is 54.1 Å². The van der Waals surface area contributed by atoms with E-state index in [1.165, 1.54) is 11.8 Å². The Bertz CT molecular complexity index is 893. The number of benzene rings is 2. The number of hydrogen-bond acceptors (Lipinski definition) is 5. The first-order valence-corrected chi connectivity index (χ1v) is 9.31. The van der Waals surface area contributed by atoms with E-state index in [9.17, 15) is 4.79 Å². The van der Waals surface area contributed by atoms with Gasteiger partial charge in [0.25, 0.3) is 5.91 Å². The van der Waals surface area contributed by atoms with Gasteiger partial charge in [0.15, 0.2) is 16.7 Å². The summed E-state index contributed by atoms with van der Waals surface area (Å²) in [6, 6.07) is 15.4. The van der Waals surface area contributed by atoms with Crippen LogP contribution in [-0.4, -0.2) is 29.3 Å². The summed E-state index contributed by atoms with van der Waals surface area (Å²) < 4.78 is 10.7. The zero-order chi connectivity index (χ0) is 17.9. The minimum absolute atomic E-state index is 0.0100. The van der Waals surface area contributed by atoms with Crippen LogP contribution in [0.5, 0.6) is 11.5 Å². The molecule has 0 aromatic heterocycles. The van der Waals surface area contributed by atoms with Gasteiger partial charge in [0, 0.05) is 6.54 Å². The molecular weight excluding hydrogens is 348 g/mol. The molecule has 1 saturated heterocycles. The number of hydrogen-bond donors (Lipinski definition) is 0. The first-order chi connectivity index (χ1) is 12.7. The highest BCUT2D eigenvalue weighted by molar-refractivity contribution is 8.18. The maximum absolute atomic E-state index is 12.8. The maximum Gasteiger partial charge on any atom is 0.266 e. The highest BCUT2D eigenvalue weighted by Crippen LogP contribution is 2.37. The van der Waals surface area contributed by atoms with Crippen molar-refractivity contribution in [2.24, 2.45) is 4.99 Å². The molecule has 0 bridgehead atoms. The summed E-state index contributed by atoms with van der Waals surface area (Å²) in [5.41, 5.74) is 1.75. The lowest BCUT2D eigenvalue weighted by molar-refractivity contribution is -0.122. The molecule has 26 heavy (non-hydrogen) atoms. The molecule has 0 N–H and O–H groups in total. The summed E-state index contributed by atoms with van der Waals surface area (Å²) in [4.78, 5) is 19.9. The summed E-state index contributed by atoms with van der Waals surface area (Å²) in [5.74, 6) is 1.43. The van der Waals surface area contributed by atoms with Crippen LogP contribution in [0.3, 0.4) is 0 Å². The van der Waals surface area contributed by atoms with Crippen LogP contribution in [-0.2, 0) is 4.79 Å². The van der Waals surface area contributed by atoms with E-state index in [0.29, 0.717) is 17.2 Å². The monoisotopic (exact) mass is 366 g/mol. The minimum atomic E-state index is -0.0100. The van der Waals surface area contributed by atoms with E-state index in [1.807, 2.05) is 54.6 Å². The number of carbonyl (C=O) groups is 1. The van der Waals surface area contributed by atoms with E-state index in [0.717, 1.165) is 28.6 Å². The summed E-state index contributed by atoms with van der Waals surface area (Å²) >= 11 is 1.41. The molecule has 2 aromatic carbocycles. The average Bonchev–Trinajstić information content (AvgIpc) is 3.23. The standard InChI is InChI=1S/C20H18N2O3S/c1-2-10-22-19(23)18(26-20(22)21-15-6-4-3-5-7-15)12-14-8-9-16-17(11-14)25-13-24-16/h3-9,11-12H,2,10,13H2,1H3/b18-12+,21-20?. The van der Waals surface area contributed by atoms with Crippen molar-refractivity contribution in [3.8, 4) is 11.5 Å². The lowest BCUT2D eigenvalue weighted by atomic mass is 10.2. The number of nitrogens with zero attached hydrogens (tertiary/aromatic N) is 2. The Hall–Kier alpha value is -2.73. The lowest BCUT2D eigenvalue weighted by Crippen LogP contribution is -2.29. The van der Waals surface area contributed by atoms with Gasteiger partial charge in [-0.15, -0.1) is 0 Å². The lowest BCUT2D eigenvalue weighted by Gasteiger charge is -2.13. The van der Waals surface area contributed by atoms with Crippen molar-refractivity contribution >= 4 is 34.6 Å². The number of thioether (sulfide) groups is 1. The molecule has 1 amide bonds. The van der Waals surface area contributed by atoms with Gasteiger partial charge in [0.1, 0.15) is 0 Å². The van der Waals surface area contributed by atoms with E-state index in [2.05, 4.69) is 11.9 Å². The Labute approximate surface area is 156 Å². The molecule has 0 aliphatic carbocycles. The third-order valence-corrected chi connectivity index (χ3v) is 5.02. The SMILES string of the molecule is CCCN1C(=O)/C(=C\c2ccc3c(c2)OCO3)SC1=Nc1ccccc1. The molecular formula is C20H18N2O3S. The predicted molar refractivity (Wildman–Crippen MR) is 104 cm³/mol. The fraction of sp³-hybridized carbons (Fsp3) is 0.200. The van der Waals surface area contributed by atoms with Crippen molar-refractivity contribution in [2.45, 2.75) is 13.3 Å². The second kappa shape index (κ2) is 7.25. The van der Waals surface area contributed by atoms with E-state index >= 15 is 0 Å². The third kappa shape index (κ3) is 3.32. The molecule has 4 rings (SSSR count). The molecule has 0 radical (unpaired) electrons. The zero-order valence-electron chi connectivity index (χ0n) is 14.3. The zero-order valence-corrected chi connectivity index (χ0v) is 15.2. The predicted octanol–water partition coefficient (Wildman–Crippen LogP) is 4.43. The number of para-hydroxylation sites is 1.